The highest BCUT2D eigenvalue weighted by molar-refractivity contribution is 6.17. The zero-order chi connectivity index (χ0) is 15.4. The summed E-state index contributed by atoms with van der Waals surface area (Å²) in [6.07, 6.45) is 0.734. The normalized spacial score (nSPS) is 10.9. The third-order valence-electron chi connectivity index (χ3n) is 3.19. The van der Waals surface area contributed by atoms with Crippen LogP contribution in [0.25, 0.3) is 11.0 Å². The van der Waals surface area contributed by atoms with Gasteiger partial charge in [0.05, 0.1) is 31.7 Å². The maximum Gasteiger partial charge on any atom is 0.307 e. The first-order valence-corrected chi connectivity index (χ1v) is 6.99. The van der Waals surface area contributed by atoms with Gasteiger partial charge in [0.15, 0.2) is 11.6 Å². The molecule has 0 spiro atoms. The van der Waals surface area contributed by atoms with Crippen molar-refractivity contribution in [2.75, 3.05) is 20.1 Å². The quantitative estimate of drug-likeness (QED) is 0.607. The van der Waals surface area contributed by atoms with Crippen molar-refractivity contribution in [3.8, 4) is 5.75 Å². The Balaban J connectivity index is 2.46. The van der Waals surface area contributed by atoms with E-state index in [1.807, 2.05) is 4.57 Å². The van der Waals surface area contributed by atoms with Gasteiger partial charge in [0.1, 0.15) is 5.82 Å². The van der Waals surface area contributed by atoms with Gasteiger partial charge in [0.25, 0.3) is 0 Å². The van der Waals surface area contributed by atoms with Gasteiger partial charge in [-0.05, 0) is 0 Å². The number of hydrogen-bond donors (Lipinski definition) is 0. The third-order valence-corrected chi connectivity index (χ3v) is 3.38. The minimum absolute atomic E-state index is 0.138. The Kier molecular flexibility index (Phi) is 5.01. The molecule has 21 heavy (non-hydrogen) atoms. The van der Waals surface area contributed by atoms with Crippen molar-refractivity contribution in [1.29, 1.82) is 0 Å². The number of carbonyl (C=O) groups is 1. The van der Waals surface area contributed by atoms with E-state index in [1.165, 1.54) is 20.3 Å². The van der Waals surface area contributed by atoms with E-state index in [2.05, 4.69) is 9.72 Å². The van der Waals surface area contributed by atoms with Crippen molar-refractivity contribution in [2.24, 2.45) is 0 Å². The van der Waals surface area contributed by atoms with Crippen molar-refractivity contribution in [3.05, 3.63) is 23.8 Å². The lowest BCUT2D eigenvalue weighted by molar-refractivity contribution is -0.140. The van der Waals surface area contributed by atoms with E-state index in [1.54, 1.807) is 6.07 Å². The van der Waals surface area contributed by atoms with Crippen molar-refractivity contribution in [1.82, 2.24) is 9.55 Å². The van der Waals surface area contributed by atoms with Crippen LogP contribution in [0.1, 0.15) is 12.2 Å². The lowest BCUT2D eigenvalue weighted by atomic mass is 10.2. The Morgan fingerprint density at radius 1 is 1.43 bits per heavy atom. The molecular weight excluding hydrogens is 299 g/mol. The summed E-state index contributed by atoms with van der Waals surface area (Å²) in [5.74, 6) is 0.444. The Morgan fingerprint density at radius 3 is 2.81 bits per heavy atom. The van der Waals surface area contributed by atoms with E-state index in [0.29, 0.717) is 35.7 Å². The summed E-state index contributed by atoms with van der Waals surface area (Å²) in [4.78, 5) is 15.7. The molecule has 0 N–H and O–H groups in total. The van der Waals surface area contributed by atoms with E-state index < -0.39 is 5.82 Å². The first-order chi connectivity index (χ1) is 10.1. The SMILES string of the molecule is COC(=O)CCn1c(CCCl)nc2cc(F)c(OC)cc21. The smallest absolute Gasteiger partial charge is 0.307 e. The number of carbonyl (C=O) groups excluding carboxylic acids is 1. The van der Waals surface area contributed by atoms with Gasteiger partial charge >= 0.3 is 5.97 Å². The molecule has 0 amide bonds. The molecule has 0 bridgehead atoms. The van der Waals surface area contributed by atoms with Crippen LogP contribution in [0, 0.1) is 5.82 Å². The Labute approximate surface area is 126 Å². The molecule has 114 valence electrons. The number of ether oxygens (including phenoxy) is 2. The van der Waals surface area contributed by atoms with Gasteiger partial charge in [-0.25, -0.2) is 9.37 Å². The first kappa shape index (κ1) is 15.6. The van der Waals surface area contributed by atoms with E-state index in [-0.39, 0.29) is 18.1 Å². The van der Waals surface area contributed by atoms with Gasteiger partial charge in [-0.2, -0.15) is 0 Å². The molecule has 1 aromatic heterocycles. The second-order valence-electron chi connectivity index (χ2n) is 4.42. The number of aromatic nitrogens is 2. The molecule has 0 aliphatic rings. The van der Waals surface area contributed by atoms with Crippen LogP contribution < -0.4 is 4.74 Å². The fourth-order valence-electron chi connectivity index (χ4n) is 2.16. The number of fused-ring (bicyclic) bond motifs is 1. The molecule has 2 aromatic rings. The second-order valence-corrected chi connectivity index (χ2v) is 4.80. The summed E-state index contributed by atoms with van der Waals surface area (Å²) >= 11 is 5.77. The minimum Gasteiger partial charge on any atom is -0.494 e. The van der Waals surface area contributed by atoms with Crippen LogP contribution in [0.15, 0.2) is 12.1 Å². The zero-order valence-electron chi connectivity index (χ0n) is 11.9. The molecular formula is C14H16ClFN2O3. The highest BCUT2D eigenvalue weighted by Gasteiger charge is 2.15. The number of aryl methyl sites for hydroxylation is 2. The molecule has 1 heterocycles. The largest absolute Gasteiger partial charge is 0.494 e. The van der Waals surface area contributed by atoms with Gasteiger partial charge in [-0.15, -0.1) is 11.6 Å². The van der Waals surface area contributed by atoms with Crippen LogP contribution in [0.2, 0.25) is 0 Å². The molecule has 0 radical (unpaired) electrons. The van der Waals surface area contributed by atoms with Crippen molar-refractivity contribution >= 4 is 28.6 Å². The maximum atomic E-state index is 13.7. The Bertz CT molecular complexity index is 657. The second kappa shape index (κ2) is 6.76. The average molecular weight is 315 g/mol. The van der Waals surface area contributed by atoms with Gasteiger partial charge in [-0.1, -0.05) is 0 Å². The number of methoxy groups -OCH3 is 2. The molecule has 0 fully saturated rings. The molecule has 0 atom stereocenters. The van der Waals surface area contributed by atoms with E-state index >= 15 is 0 Å². The summed E-state index contributed by atoms with van der Waals surface area (Å²) in [6, 6.07) is 2.90. The lowest BCUT2D eigenvalue weighted by Gasteiger charge is -2.08. The standard InChI is InChI=1S/C14H16ClFN2O3/c1-20-12-8-11-10(7-9(12)16)17-13(3-5-15)18(11)6-4-14(19)21-2/h7-8H,3-6H2,1-2H3. The molecule has 1 aromatic carbocycles. The third kappa shape index (κ3) is 3.26. The predicted octanol–water partition coefficient (Wildman–Crippen LogP) is 2.53. The maximum absolute atomic E-state index is 13.7. The van der Waals surface area contributed by atoms with Crippen molar-refractivity contribution < 1.29 is 18.7 Å². The number of alkyl halides is 1. The summed E-state index contributed by atoms with van der Waals surface area (Å²) in [6.45, 7) is 0.393. The van der Waals surface area contributed by atoms with Crippen molar-refractivity contribution in [2.45, 2.75) is 19.4 Å². The van der Waals surface area contributed by atoms with Crippen LogP contribution in [0.5, 0.6) is 5.75 Å². The number of benzene rings is 1. The predicted molar refractivity (Wildman–Crippen MR) is 77.3 cm³/mol. The number of esters is 1. The summed E-state index contributed by atoms with van der Waals surface area (Å²) in [7, 11) is 2.74. The fourth-order valence-corrected chi connectivity index (χ4v) is 2.33. The van der Waals surface area contributed by atoms with Gasteiger partial charge in [-0.3, -0.25) is 4.79 Å². The summed E-state index contributed by atoms with van der Waals surface area (Å²) in [5, 5.41) is 0. The molecule has 0 saturated heterocycles. The van der Waals surface area contributed by atoms with Crippen LogP contribution in [0.3, 0.4) is 0 Å². The van der Waals surface area contributed by atoms with Gasteiger partial charge in [0, 0.05) is 31.0 Å². The van der Waals surface area contributed by atoms with Crippen LogP contribution in [-0.2, 0) is 22.5 Å². The van der Waals surface area contributed by atoms with Gasteiger partial charge < -0.3 is 14.0 Å². The van der Waals surface area contributed by atoms with Crippen LogP contribution >= 0.6 is 11.6 Å². The summed E-state index contributed by atoms with van der Waals surface area (Å²) in [5.41, 5.74) is 1.22. The van der Waals surface area contributed by atoms with E-state index in [0.717, 1.165) is 0 Å². The highest BCUT2D eigenvalue weighted by atomic mass is 35.5. The summed E-state index contributed by atoms with van der Waals surface area (Å²) < 4.78 is 25.2. The molecule has 0 aliphatic carbocycles. The topological polar surface area (TPSA) is 53.4 Å². The molecule has 2 rings (SSSR count). The number of hydrogen-bond acceptors (Lipinski definition) is 4. The van der Waals surface area contributed by atoms with Crippen molar-refractivity contribution in [3.63, 3.8) is 0 Å². The van der Waals surface area contributed by atoms with Crippen LogP contribution in [-0.4, -0.2) is 35.6 Å². The molecule has 7 heteroatoms. The molecule has 0 aliphatic heterocycles. The number of halogens is 2. The fraction of sp³-hybridized carbons (Fsp3) is 0.429. The molecule has 0 saturated carbocycles. The monoisotopic (exact) mass is 314 g/mol. The molecule has 5 nitrogen and oxygen atoms in total. The van der Waals surface area contributed by atoms with Gasteiger partial charge in [0.2, 0.25) is 0 Å². The van der Waals surface area contributed by atoms with Crippen LogP contribution in [0.4, 0.5) is 4.39 Å². The Morgan fingerprint density at radius 2 is 2.19 bits per heavy atom. The Hall–Kier alpha value is -1.82. The number of nitrogens with zero attached hydrogens (tertiary/aromatic N) is 2. The average Bonchev–Trinajstić information content (AvgIpc) is 2.80. The molecule has 0 unspecified atom stereocenters. The number of rotatable bonds is 6. The first-order valence-electron chi connectivity index (χ1n) is 6.46. The zero-order valence-corrected chi connectivity index (χ0v) is 12.6. The van der Waals surface area contributed by atoms with E-state index in [9.17, 15) is 9.18 Å². The lowest BCUT2D eigenvalue weighted by Crippen LogP contribution is -2.10. The highest BCUT2D eigenvalue weighted by Crippen LogP contribution is 2.26. The number of imidazole rings is 1. The van der Waals surface area contributed by atoms with E-state index in [4.69, 9.17) is 16.3 Å². The minimum atomic E-state index is -0.472.